The predicted octanol–water partition coefficient (Wildman–Crippen LogP) is 3.36. The van der Waals surface area contributed by atoms with Crippen molar-refractivity contribution >= 4 is 5.91 Å². The Kier molecular flexibility index (Phi) is 5.90. The van der Waals surface area contributed by atoms with Crippen LogP contribution in [0.5, 0.6) is 0 Å². The van der Waals surface area contributed by atoms with Crippen molar-refractivity contribution in [3.05, 3.63) is 35.9 Å². The predicted molar refractivity (Wildman–Crippen MR) is 93.5 cm³/mol. The Morgan fingerprint density at radius 3 is 2.67 bits per heavy atom. The lowest BCUT2D eigenvalue weighted by Crippen LogP contribution is -2.40. The van der Waals surface area contributed by atoms with Crippen LogP contribution >= 0.6 is 0 Å². The van der Waals surface area contributed by atoms with Gasteiger partial charge in [0.15, 0.2) is 0 Å². The summed E-state index contributed by atoms with van der Waals surface area (Å²) in [6.45, 7) is 1.60. The van der Waals surface area contributed by atoms with Crippen molar-refractivity contribution in [1.82, 2.24) is 5.32 Å². The van der Waals surface area contributed by atoms with Gasteiger partial charge in [0.05, 0.1) is 18.1 Å². The van der Waals surface area contributed by atoms with Crippen LogP contribution in [0.4, 0.5) is 0 Å². The Balaban J connectivity index is 1.63. The van der Waals surface area contributed by atoms with Gasteiger partial charge in [-0.3, -0.25) is 4.79 Å². The first-order valence-corrected chi connectivity index (χ1v) is 9.29. The van der Waals surface area contributed by atoms with E-state index in [4.69, 9.17) is 4.74 Å². The standard InChI is InChI=1S/C20H29NO3/c22-19(14-20(23)10-5-2-6-11-20)21-18(13-16-9-12-24-15-16)17-7-3-1-4-8-17/h1,3-4,7-8,16,18,23H,2,5-6,9-15H2,(H,21,22)/t16-,18+/m1/s1. The number of ether oxygens (including phenoxy) is 1. The molecule has 0 aromatic heterocycles. The molecule has 0 spiro atoms. The van der Waals surface area contributed by atoms with Crippen LogP contribution in [-0.2, 0) is 9.53 Å². The topological polar surface area (TPSA) is 58.6 Å². The van der Waals surface area contributed by atoms with E-state index in [0.717, 1.165) is 63.7 Å². The lowest BCUT2D eigenvalue weighted by molar-refractivity contribution is -0.128. The zero-order valence-electron chi connectivity index (χ0n) is 14.4. The van der Waals surface area contributed by atoms with Gasteiger partial charge in [-0.1, -0.05) is 49.6 Å². The molecule has 3 rings (SSSR count). The second-order valence-electron chi connectivity index (χ2n) is 7.46. The fourth-order valence-corrected chi connectivity index (χ4v) is 4.00. The molecule has 1 saturated carbocycles. The van der Waals surface area contributed by atoms with Crippen molar-refractivity contribution in [2.24, 2.45) is 5.92 Å². The molecule has 0 unspecified atom stereocenters. The molecule has 1 aromatic rings. The van der Waals surface area contributed by atoms with Crippen LogP contribution in [0.1, 0.15) is 63.0 Å². The molecule has 0 bridgehead atoms. The van der Waals surface area contributed by atoms with Crippen LogP contribution in [0.15, 0.2) is 30.3 Å². The summed E-state index contributed by atoms with van der Waals surface area (Å²) < 4.78 is 5.48. The molecule has 2 aliphatic rings. The lowest BCUT2D eigenvalue weighted by atomic mass is 9.82. The van der Waals surface area contributed by atoms with Crippen LogP contribution in [0, 0.1) is 5.92 Å². The van der Waals surface area contributed by atoms with Gasteiger partial charge < -0.3 is 15.2 Å². The molecular formula is C20H29NO3. The quantitative estimate of drug-likeness (QED) is 0.840. The van der Waals surface area contributed by atoms with Crippen molar-refractivity contribution in [3.8, 4) is 0 Å². The highest BCUT2D eigenvalue weighted by Crippen LogP contribution is 2.32. The number of hydrogen-bond donors (Lipinski definition) is 2. The minimum Gasteiger partial charge on any atom is -0.389 e. The average Bonchev–Trinajstić information content (AvgIpc) is 3.08. The average molecular weight is 331 g/mol. The summed E-state index contributed by atoms with van der Waals surface area (Å²) in [4.78, 5) is 12.6. The zero-order chi connectivity index (χ0) is 16.8. The van der Waals surface area contributed by atoms with Crippen molar-refractivity contribution in [3.63, 3.8) is 0 Å². The summed E-state index contributed by atoms with van der Waals surface area (Å²) in [5, 5.41) is 13.8. The van der Waals surface area contributed by atoms with E-state index in [1.807, 2.05) is 18.2 Å². The van der Waals surface area contributed by atoms with Crippen molar-refractivity contribution < 1.29 is 14.6 Å². The van der Waals surface area contributed by atoms with Crippen LogP contribution in [0.2, 0.25) is 0 Å². The Morgan fingerprint density at radius 1 is 1.25 bits per heavy atom. The number of carbonyl (C=O) groups excluding carboxylic acids is 1. The van der Waals surface area contributed by atoms with E-state index < -0.39 is 5.60 Å². The Labute approximate surface area is 144 Å². The summed E-state index contributed by atoms with van der Waals surface area (Å²) in [6.07, 6.45) is 6.86. The monoisotopic (exact) mass is 331 g/mol. The molecule has 1 aromatic carbocycles. The second kappa shape index (κ2) is 8.13. The Bertz CT molecular complexity index is 519. The molecule has 24 heavy (non-hydrogen) atoms. The van der Waals surface area contributed by atoms with Gasteiger partial charge in [0.2, 0.25) is 5.91 Å². The van der Waals surface area contributed by atoms with Gasteiger partial charge in [-0.15, -0.1) is 0 Å². The highest BCUT2D eigenvalue weighted by molar-refractivity contribution is 5.77. The van der Waals surface area contributed by atoms with Gasteiger partial charge in [0.25, 0.3) is 0 Å². The van der Waals surface area contributed by atoms with Crippen molar-refractivity contribution in [2.75, 3.05) is 13.2 Å². The number of aliphatic hydroxyl groups is 1. The zero-order valence-corrected chi connectivity index (χ0v) is 14.4. The maximum atomic E-state index is 12.6. The largest absolute Gasteiger partial charge is 0.389 e. The van der Waals surface area contributed by atoms with Gasteiger partial charge >= 0.3 is 0 Å². The molecule has 2 N–H and O–H groups in total. The fourth-order valence-electron chi connectivity index (χ4n) is 4.00. The normalized spacial score (nSPS) is 24.5. The third-order valence-corrected chi connectivity index (χ3v) is 5.40. The second-order valence-corrected chi connectivity index (χ2v) is 7.46. The van der Waals surface area contributed by atoms with Crippen molar-refractivity contribution in [2.45, 2.75) is 63.0 Å². The minimum absolute atomic E-state index is 0.00223. The number of nitrogens with one attached hydrogen (secondary N) is 1. The molecule has 4 heteroatoms. The number of benzene rings is 1. The summed E-state index contributed by atoms with van der Waals surface area (Å²) in [6, 6.07) is 10.1. The maximum absolute atomic E-state index is 12.6. The van der Waals surface area contributed by atoms with Crippen LogP contribution in [0.25, 0.3) is 0 Å². The smallest absolute Gasteiger partial charge is 0.223 e. The molecule has 2 fully saturated rings. The van der Waals surface area contributed by atoms with Crippen LogP contribution < -0.4 is 5.32 Å². The van der Waals surface area contributed by atoms with E-state index in [0.29, 0.717) is 5.92 Å². The summed E-state index contributed by atoms with van der Waals surface area (Å²) >= 11 is 0. The van der Waals surface area contributed by atoms with Gasteiger partial charge in [0.1, 0.15) is 0 Å². The molecule has 1 aliphatic heterocycles. The number of amides is 1. The molecule has 1 aliphatic carbocycles. The van der Waals surface area contributed by atoms with E-state index in [-0.39, 0.29) is 18.4 Å². The van der Waals surface area contributed by atoms with E-state index in [9.17, 15) is 9.90 Å². The highest BCUT2D eigenvalue weighted by atomic mass is 16.5. The summed E-state index contributed by atoms with van der Waals surface area (Å²) in [7, 11) is 0. The molecule has 1 heterocycles. The van der Waals surface area contributed by atoms with Crippen LogP contribution in [0.3, 0.4) is 0 Å². The SMILES string of the molecule is O=C(CC1(O)CCCCC1)N[C@@H](C[C@H]1CCOC1)c1ccccc1. The van der Waals surface area contributed by atoms with Gasteiger partial charge in [-0.05, 0) is 37.2 Å². The maximum Gasteiger partial charge on any atom is 0.223 e. The molecular weight excluding hydrogens is 302 g/mol. The first-order valence-electron chi connectivity index (χ1n) is 9.29. The van der Waals surface area contributed by atoms with Gasteiger partial charge in [-0.2, -0.15) is 0 Å². The number of hydrogen-bond acceptors (Lipinski definition) is 3. The molecule has 132 valence electrons. The van der Waals surface area contributed by atoms with Gasteiger partial charge in [-0.25, -0.2) is 0 Å². The fraction of sp³-hybridized carbons (Fsp3) is 0.650. The van der Waals surface area contributed by atoms with E-state index in [1.165, 1.54) is 0 Å². The number of carbonyl (C=O) groups is 1. The molecule has 0 radical (unpaired) electrons. The summed E-state index contributed by atoms with van der Waals surface area (Å²) in [5.74, 6) is 0.459. The third-order valence-electron chi connectivity index (χ3n) is 5.40. The lowest BCUT2D eigenvalue weighted by Gasteiger charge is -2.32. The highest BCUT2D eigenvalue weighted by Gasteiger charge is 2.32. The van der Waals surface area contributed by atoms with E-state index in [1.54, 1.807) is 0 Å². The first kappa shape index (κ1) is 17.4. The number of rotatable bonds is 6. The van der Waals surface area contributed by atoms with Gasteiger partial charge in [0, 0.05) is 13.2 Å². The molecule has 1 saturated heterocycles. The molecule has 4 nitrogen and oxygen atoms in total. The van der Waals surface area contributed by atoms with Crippen LogP contribution in [-0.4, -0.2) is 29.8 Å². The molecule has 2 atom stereocenters. The minimum atomic E-state index is -0.806. The molecule has 1 amide bonds. The van der Waals surface area contributed by atoms with Crippen molar-refractivity contribution in [1.29, 1.82) is 0 Å². The Morgan fingerprint density at radius 2 is 2.00 bits per heavy atom. The Hall–Kier alpha value is -1.39. The summed E-state index contributed by atoms with van der Waals surface area (Å²) in [5.41, 5.74) is 0.327. The van der Waals surface area contributed by atoms with E-state index in [2.05, 4.69) is 17.4 Å². The third kappa shape index (κ3) is 4.81. The first-order chi connectivity index (χ1) is 11.6. The van der Waals surface area contributed by atoms with E-state index >= 15 is 0 Å².